The molecule has 4 nitrogen and oxygen atoms in total. The van der Waals surface area contributed by atoms with Gasteiger partial charge in [-0.2, -0.15) is 0 Å². The van der Waals surface area contributed by atoms with Gasteiger partial charge >= 0.3 is 0 Å². The molecule has 1 fully saturated rings. The molecule has 0 heterocycles. The number of hydrogen-bond acceptors (Lipinski definition) is 3. The van der Waals surface area contributed by atoms with Gasteiger partial charge in [0.1, 0.15) is 12.4 Å². The number of hydrogen-bond donors (Lipinski definition) is 2. The number of ether oxygens (including phenoxy) is 1. The zero-order valence-corrected chi connectivity index (χ0v) is 14.7. The molecular formula is C21H26N2O2. The number of benzene rings is 2. The molecule has 0 radical (unpaired) electrons. The fourth-order valence-electron chi connectivity index (χ4n) is 2.99. The van der Waals surface area contributed by atoms with Crippen LogP contribution >= 0.6 is 0 Å². The van der Waals surface area contributed by atoms with Gasteiger partial charge in [-0.15, -0.1) is 0 Å². The number of amides is 1. The Balaban J connectivity index is 1.44. The van der Waals surface area contributed by atoms with E-state index >= 15 is 0 Å². The molecule has 0 spiro atoms. The summed E-state index contributed by atoms with van der Waals surface area (Å²) in [4.78, 5) is 12.1. The normalized spacial score (nSPS) is 18.6. The summed E-state index contributed by atoms with van der Waals surface area (Å²) in [6.45, 7) is 5.09. The van der Waals surface area contributed by atoms with Crippen LogP contribution in [0.3, 0.4) is 0 Å². The van der Waals surface area contributed by atoms with Crippen molar-refractivity contribution in [2.24, 2.45) is 5.92 Å². The lowest BCUT2D eigenvalue weighted by atomic mass is 10.1. The van der Waals surface area contributed by atoms with Crippen LogP contribution in [0.1, 0.15) is 30.4 Å². The summed E-state index contributed by atoms with van der Waals surface area (Å²) in [6, 6.07) is 18.3. The molecule has 0 aliphatic heterocycles. The Kier molecular flexibility index (Phi) is 6.07. The van der Waals surface area contributed by atoms with Gasteiger partial charge in [0.2, 0.25) is 5.91 Å². The number of carbonyl (C=O) groups excluding carboxylic acids is 1. The van der Waals surface area contributed by atoms with Gasteiger partial charge in [-0.1, -0.05) is 49.4 Å². The van der Waals surface area contributed by atoms with Crippen molar-refractivity contribution in [3.8, 4) is 5.75 Å². The van der Waals surface area contributed by atoms with Crippen LogP contribution in [0.5, 0.6) is 5.75 Å². The minimum Gasteiger partial charge on any atom is -0.489 e. The fourth-order valence-corrected chi connectivity index (χ4v) is 2.99. The van der Waals surface area contributed by atoms with Crippen molar-refractivity contribution in [3.63, 3.8) is 0 Å². The van der Waals surface area contributed by atoms with Gasteiger partial charge in [-0.3, -0.25) is 4.79 Å². The smallest absolute Gasteiger partial charge is 0.223 e. The molecule has 1 aliphatic rings. The lowest BCUT2D eigenvalue weighted by molar-refractivity contribution is -0.122. The Morgan fingerprint density at radius 2 is 1.84 bits per heavy atom. The third-order valence-electron chi connectivity index (χ3n) is 4.53. The lowest BCUT2D eigenvalue weighted by Crippen LogP contribution is -2.32. The largest absolute Gasteiger partial charge is 0.489 e. The molecule has 0 bridgehead atoms. The lowest BCUT2D eigenvalue weighted by Gasteiger charge is -2.08. The molecule has 25 heavy (non-hydrogen) atoms. The van der Waals surface area contributed by atoms with Crippen LogP contribution in [0.25, 0.3) is 0 Å². The third kappa shape index (κ3) is 5.07. The van der Waals surface area contributed by atoms with Crippen LogP contribution in [0.4, 0.5) is 0 Å². The fraction of sp³-hybridized carbons (Fsp3) is 0.381. The Labute approximate surface area is 149 Å². The molecule has 1 amide bonds. The zero-order chi connectivity index (χ0) is 17.5. The molecule has 3 rings (SSSR count). The Bertz CT molecular complexity index is 670. The number of rotatable bonds is 9. The molecular weight excluding hydrogens is 312 g/mol. The van der Waals surface area contributed by atoms with Gasteiger partial charge < -0.3 is 15.4 Å². The summed E-state index contributed by atoms with van der Waals surface area (Å²) >= 11 is 0. The van der Waals surface area contributed by atoms with Gasteiger partial charge in [-0.05, 0) is 42.1 Å². The summed E-state index contributed by atoms with van der Waals surface area (Å²) in [5, 5.41) is 6.21. The Morgan fingerprint density at radius 1 is 1.08 bits per heavy atom. The molecule has 2 unspecified atom stereocenters. The first-order chi connectivity index (χ1) is 12.3. The maximum absolute atomic E-state index is 12.1. The maximum atomic E-state index is 12.1. The van der Waals surface area contributed by atoms with E-state index in [0.717, 1.165) is 30.8 Å². The van der Waals surface area contributed by atoms with E-state index < -0.39 is 0 Å². The van der Waals surface area contributed by atoms with Gasteiger partial charge in [0.15, 0.2) is 0 Å². The second-order valence-electron chi connectivity index (χ2n) is 6.44. The highest BCUT2D eigenvalue weighted by atomic mass is 16.5. The molecule has 1 saturated carbocycles. The van der Waals surface area contributed by atoms with Crippen molar-refractivity contribution in [1.82, 2.24) is 10.6 Å². The monoisotopic (exact) mass is 338 g/mol. The third-order valence-corrected chi connectivity index (χ3v) is 4.53. The summed E-state index contributed by atoms with van der Waals surface area (Å²) in [5.74, 6) is 1.51. The number of nitrogens with one attached hydrogen (secondary N) is 2. The van der Waals surface area contributed by atoms with E-state index in [0.29, 0.717) is 19.1 Å². The maximum Gasteiger partial charge on any atom is 0.223 e. The van der Waals surface area contributed by atoms with E-state index in [9.17, 15) is 4.79 Å². The molecule has 1 aliphatic carbocycles. The quantitative estimate of drug-likeness (QED) is 0.691. The van der Waals surface area contributed by atoms with E-state index in [4.69, 9.17) is 4.74 Å². The van der Waals surface area contributed by atoms with Crippen molar-refractivity contribution in [1.29, 1.82) is 0 Å². The second kappa shape index (κ2) is 8.67. The highest BCUT2D eigenvalue weighted by Gasteiger charge is 2.43. The average molecular weight is 338 g/mol. The molecule has 2 N–H and O–H groups in total. The Morgan fingerprint density at radius 3 is 2.56 bits per heavy atom. The number of carbonyl (C=O) groups is 1. The highest BCUT2D eigenvalue weighted by Crippen LogP contribution is 2.47. The molecule has 2 aromatic rings. The van der Waals surface area contributed by atoms with E-state index in [-0.39, 0.29) is 11.8 Å². The molecule has 2 aromatic carbocycles. The van der Waals surface area contributed by atoms with Gasteiger partial charge in [0.25, 0.3) is 0 Å². The van der Waals surface area contributed by atoms with Crippen molar-refractivity contribution in [2.45, 2.75) is 25.9 Å². The standard InChI is InChI=1S/C21H26N2O2/c1-2-22-12-13-23-21(24)20-14-19(20)17-8-10-18(11-9-17)25-15-16-6-4-3-5-7-16/h3-11,19-20,22H,2,12-15H2,1H3,(H,23,24). The summed E-state index contributed by atoms with van der Waals surface area (Å²) in [5.41, 5.74) is 2.38. The van der Waals surface area contributed by atoms with Crippen molar-refractivity contribution >= 4 is 5.91 Å². The SMILES string of the molecule is CCNCCNC(=O)C1CC1c1ccc(OCc2ccccc2)cc1. The zero-order valence-electron chi connectivity index (χ0n) is 14.7. The predicted molar refractivity (Wildman–Crippen MR) is 99.6 cm³/mol. The first-order valence-corrected chi connectivity index (χ1v) is 9.03. The van der Waals surface area contributed by atoms with Crippen LogP contribution in [-0.2, 0) is 11.4 Å². The molecule has 0 aromatic heterocycles. The van der Waals surface area contributed by atoms with Crippen LogP contribution in [0.15, 0.2) is 54.6 Å². The summed E-state index contributed by atoms with van der Waals surface area (Å²) in [7, 11) is 0. The highest BCUT2D eigenvalue weighted by molar-refractivity contribution is 5.82. The van der Waals surface area contributed by atoms with Crippen LogP contribution in [-0.4, -0.2) is 25.5 Å². The molecule has 4 heteroatoms. The van der Waals surface area contributed by atoms with E-state index in [1.807, 2.05) is 30.3 Å². The first-order valence-electron chi connectivity index (χ1n) is 9.03. The van der Waals surface area contributed by atoms with Crippen LogP contribution in [0, 0.1) is 5.92 Å². The molecule has 2 atom stereocenters. The minimum absolute atomic E-state index is 0.123. The van der Waals surface area contributed by atoms with E-state index in [2.05, 4.69) is 41.8 Å². The second-order valence-corrected chi connectivity index (χ2v) is 6.44. The van der Waals surface area contributed by atoms with Gasteiger partial charge in [-0.25, -0.2) is 0 Å². The summed E-state index contributed by atoms with van der Waals surface area (Å²) < 4.78 is 5.81. The molecule has 132 valence electrons. The Hall–Kier alpha value is -2.33. The van der Waals surface area contributed by atoms with Crippen LogP contribution < -0.4 is 15.4 Å². The molecule has 0 saturated heterocycles. The average Bonchev–Trinajstić information content (AvgIpc) is 3.46. The topological polar surface area (TPSA) is 50.4 Å². The van der Waals surface area contributed by atoms with Gasteiger partial charge in [0, 0.05) is 19.0 Å². The van der Waals surface area contributed by atoms with Crippen molar-refractivity contribution in [3.05, 3.63) is 65.7 Å². The van der Waals surface area contributed by atoms with Crippen LogP contribution in [0.2, 0.25) is 0 Å². The van der Waals surface area contributed by atoms with E-state index in [1.54, 1.807) is 0 Å². The number of likely N-dealkylation sites (N-methyl/N-ethyl adjacent to an activating group) is 1. The van der Waals surface area contributed by atoms with Gasteiger partial charge in [0.05, 0.1) is 0 Å². The van der Waals surface area contributed by atoms with Crippen molar-refractivity contribution < 1.29 is 9.53 Å². The van der Waals surface area contributed by atoms with E-state index in [1.165, 1.54) is 5.56 Å². The summed E-state index contributed by atoms with van der Waals surface area (Å²) in [6.07, 6.45) is 0.942. The predicted octanol–water partition coefficient (Wildman–Crippen LogP) is 3.09. The minimum atomic E-state index is 0.123. The first kappa shape index (κ1) is 17.5. The van der Waals surface area contributed by atoms with Crippen molar-refractivity contribution in [2.75, 3.05) is 19.6 Å².